The normalized spacial score (nSPS) is 11.8. The Morgan fingerprint density at radius 1 is 1.20 bits per heavy atom. The number of unbranched alkanes of at least 4 members (excludes halogenated alkanes) is 2. The molecular formula is C18H28FNO4S. The van der Waals surface area contributed by atoms with Crippen LogP contribution < -0.4 is 15.2 Å². The van der Waals surface area contributed by atoms with Crippen molar-refractivity contribution in [1.29, 1.82) is 0 Å². The number of rotatable bonds is 12. The summed E-state index contributed by atoms with van der Waals surface area (Å²) in [5.74, 6) is 2.36. The van der Waals surface area contributed by atoms with Crippen LogP contribution in [0.25, 0.3) is 0 Å². The van der Waals surface area contributed by atoms with Gasteiger partial charge in [0, 0.05) is 12.0 Å². The van der Waals surface area contributed by atoms with Crippen molar-refractivity contribution in [3.05, 3.63) is 17.7 Å². The molecule has 0 aliphatic heterocycles. The number of carbonyl (C=O) groups excluding carboxylic acids is 1. The maximum absolute atomic E-state index is 12.1. The predicted molar refractivity (Wildman–Crippen MR) is 98.5 cm³/mol. The molecule has 1 atom stereocenters. The lowest BCUT2D eigenvalue weighted by atomic mass is 10.0. The fraction of sp³-hybridized carbons (Fsp3) is 0.611. The van der Waals surface area contributed by atoms with E-state index in [2.05, 4.69) is 0 Å². The van der Waals surface area contributed by atoms with Gasteiger partial charge in [-0.25, -0.2) is 4.79 Å². The summed E-state index contributed by atoms with van der Waals surface area (Å²) >= 11 is 1.66. The van der Waals surface area contributed by atoms with Gasteiger partial charge in [-0.2, -0.15) is 0 Å². The summed E-state index contributed by atoms with van der Waals surface area (Å²) in [4.78, 5) is 12.0. The predicted octanol–water partition coefficient (Wildman–Crippen LogP) is 4.35. The second kappa shape index (κ2) is 11.8. The highest BCUT2D eigenvalue weighted by Crippen LogP contribution is 2.37. The summed E-state index contributed by atoms with van der Waals surface area (Å²) in [6, 6.07) is 3.85. The highest BCUT2D eigenvalue weighted by molar-refractivity contribution is 7.99. The third-order valence-corrected chi connectivity index (χ3v) is 4.91. The Morgan fingerprint density at radius 3 is 2.48 bits per heavy atom. The number of primary amides is 1. The maximum atomic E-state index is 12.1. The highest BCUT2D eigenvalue weighted by atomic mass is 32.2. The highest BCUT2D eigenvalue weighted by Gasteiger charge is 2.17. The first-order valence-corrected chi connectivity index (χ1v) is 9.43. The SMILES string of the molecule is CCC(Cc1cc(OC)c(SCCCCCF)cc1OC)OC(N)=O. The summed E-state index contributed by atoms with van der Waals surface area (Å²) < 4.78 is 28.2. The number of ether oxygens (including phenoxy) is 3. The number of amides is 1. The lowest BCUT2D eigenvalue weighted by molar-refractivity contribution is 0.104. The van der Waals surface area contributed by atoms with Crippen LogP contribution in [0.15, 0.2) is 17.0 Å². The zero-order chi connectivity index (χ0) is 18.7. The summed E-state index contributed by atoms with van der Waals surface area (Å²) in [5.41, 5.74) is 6.02. The van der Waals surface area contributed by atoms with Crippen molar-refractivity contribution in [2.45, 2.75) is 50.0 Å². The van der Waals surface area contributed by atoms with Crippen LogP contribution >= 0.6 is 11.8 Å². The Bertz CT molecular complexity index is 542. The summed E-state index contributed by atoms with van der Waals surface area (Å²) in [6.07, 6.45) is 2.50. The number of benzene rings is 1. The third kappa shape index (κ3) is 7.42. The fourth-order valence-electron chi connectivity index (χ4n) is 2.44. The van der Waals surface area contributed by atoms with Gasteiger partial charge in [0.05, 0.1) is 25.8 Å². The van der Waals surface area contributed by atoms with E-state index in [1.165, 1.54) is 0 Å². The molecule has 1 rings (SSSR count). The summed E-state index contributed by atoms with van der Waals surface area (Å²) in [6.45, 7) is 1.67. The van der Waals surface area contributed by atoms with Crippen molar-refractivity contribution in [2.24, 2.45) is 5.73 Å². The van der Waals surface area contributed by atoms with E-state index in [4.69, 9.17) is 19.9 Å². The molecule has 0 saturated carbocycles. The first-order chi connectivity index (χ1) is 12.0. The first kappa shape index (κ1) is 21.4. The van der Waals surface area contributed by atoms with E-state index in [9.17, 15) is 9.18 Å². The van der Waals surface area contributed by atoms with Gasteiger partial charge in [0.2, 0.25) is 0 Å². The van der Waals surface area contributed by atoms with E-state index in [-0.39, 0.29) is 12.8 Å². The van der Waals surface area contributed by atoms with Gasteiger partial charge in [-0.1, -0.05) is 13.3 Å². The Balaban J connectivity index is 2.87. The standard InChI is InChI=1S/C18H28FNO4S/c1-4-14(24-18(20)21)10-13-11-16(23-3)17(12-15(13)22-2)25-9-7-5-6-8-19/h11-12,14H,4-10H2,1-3H3,(H2,20,21). The van der Waals surface area contributed by atoms with Crippen LogP contribution in [-0.4, -0.2) is 38.8 Å². The zero-order valence-electron chi connectivity index (χ0n) is 15.2. The van der Waals surface area contributed by atoms with E-state index in [0.29, 0.717) is 19.3 Å². The summed E-state index contributed by atoms with van der Waals surface area (Å²) in [5, 5.41) is 0. The summed E-state index contributed by atoms with van der Waals surface area (Å²) in [7, 11) is 3.23. The van der Waals surface area contributed by atoms with Crippen LogP contribution in [0.4, 0.5) is 9.18 Å². The molecule has 5 nitrogen and oxygen atoms in total. The van der Waals surface area contributed by atoms with Gasteiger partial charge < -0.3 is 19.9 Å². The molecule has 25 heavy (non-hydrogen) atoms. The van der Waals surface area contributed by atoms with Crippen molar-refractivity contribution < 1.29 is 23.4 Å². The van der Waals surface area contributed by atoms with Crippen LogP contribution in [0, 0.1) is 0 Å². The van der Waals surface area contributed by atoms with Crippen molar-refractivity contribution in [1.82, 2.24) is 0 Å². The molecule has 142 valence electrons. The van der Waals surface area contributed by atoms with Crippen LogP contribution in [0.1, 0.15) is 38.2 Å². The Labute approximate surface area is 153 Å². The molecule has 0 aliphatic carbocycles. The molecule has 0 fully saturated rings. The average Bonchev–Trinajstić information content (AvgIpc) is 2.60. The van der Waals surface area contributed by atoms with Gasteiger partial charge in [-0.3, -0.25) is 4.39 Å². The zero-order valence-corrected chi connectivity index (χ0v) is 16.0. The molecule has 0 heterocycles. The Morgan fingerprint density at radius 2 is 1.92 bits per heavy atom. The largest absolute Gasteiger partial charge is 0.496 e. The molecule has 0 bridgehead atoms. The Kier molecular flexibility index (Phi) is 10.1. The van der Waals surface area contributed by atoms with Crippen LogP contribution in [-0.2, 0) is 11.2 Å². The molecule has 1 amide bonds. The number of methoxy groups -OCH3 is 2. The van der Waals surface area contributed by atoms with E-state index in [1.807, 2.05) is 19.1 Å². The first-order valence-electron chi connectivity index (χ1n) is 8.45. The molecule has 0 spiro atoms. The van der Waals surface area contributed by atoms with Crippen molar-refractivity contribution >= 4 is 17.9 Å². The molecule has 0 aromatic heterocycles. The van der Waals surface area contributed by atoms with Crippen LogP contribution in [0.5, 0.6) is 11.5 Å². The average molecular weight is 373 g/mol. The number of nitrogens with two attached hydrogens (primary N) is 1. The van der Waals surface area contributed by atoms with E-state index >= 15 is 0 Å². The molecule has 1 aromatic carbocycles. The molecule has 0 saturated heterocycles. The quantitative estimate of drug-likeness (QED) is 0.436. The molecule has 1 aromatic rings. The second-order valence-electron chi connectivity index (χ2n) is 5.58. The van der Waals surface area contributed by atoms with Crippen molar-refractivity contribution in [3.63, 3.8) is 0 Å². The fourth-order valence-corrected chi connectivity index (χ4v) is 3.48. The number of thioether (sulfide) groups is 1. The van der Waals surface area contributed by atoms with Crippen molar-refractivity contribution in [2.75, 3.05) is 26.6 Å². The lowest BCUT2D eigenvalue weighted by Crippen LogP contribution is -2.24. The Hall–Kier alpha value is -1.63. The number of carbonyl (C=O) groups is 1. The minimum Gasteiger partial charge on any atom is -0.496 e. The smallest absolute Gasteiger partial charge is 0.404 e. The van der Waals surface area contributed by atoms with Gasteiger partial charge in [0.1, 0.15) is 17.6 Å². The number of halogens is 1. The maximum Gasteiger partial charge on any atom is 0.404 e. The third-order valence-electron chi connectivity index (χ3n) is 3.79. The number of hydrogen-bond donors (Lipinski definition) is 1. The molecular weight excluding hydrogens is 345 g/mol. The van der Waals surface area contributed by atoms with Gasteiger partial charge in [-0.15, -0.1) is 11.8 Å². The second-order valence-corrected chi connectivity index (χ2v) is 6.72. The lowest BCUT2D eigenvalue weighted by Gasteiger charge is -2.19. The topological polar surface area (TPSA) is 70.8 Å². The van der Waals surface area contributed by atoms with Crippen LogP contribution in [0.3, 0.4) is 0 Å². The van der Waals surface area contributed by atoms with Gasteiger partial charge in [0.15, 0.2) is 0 Å². The molecule has 0 aliphatic rings. The van der Waals surface area contributed by atoms with Crippen LogP contribution in [0.2, 0.25) is 0 Å². The monoisotopic (exact) mass is 373 g/mol. The number of alkyl halides is 1. The van der Waals surface area contributed by atoms with Gasteiger partial charge in [-0.05, 0) is 37.1 Å². The van der Waals surface area contributed by atoms with Crippen molar-refractivity contribution in [3.8, 4) is 11.5 Å². The molecule has 1 unspecified atom stereocenters. The minimum absolute atomic E-state index is 0.261. The van der Waals surface area contributed by atoms with E-state index < -0.39 is 6.09 Å². The van der Waals surface area contributed by atoms with Gasteiger partial charge >= 0.3 is 6.09 Å². The minimum atomic E-state index is -0.779. The molecule has 2 N–H and O–H groups in total. The van der Waals surface area contributed by atoms with Gasteiger partial charge in [0.25, 0.3) is 0 Å². The van der Waals surface area contributed by atoms with E-state index in [1.54, 1.807) is 26.0 Å². The number of hydrogen-bond acceptors (Lipinski definition) is 5. The molecule has 7 heteroatoms. The van der Waals surface area contributed by atoms with E-state index in [0.717, 1.165) is 40.6 Å². The molecule has 0 radical (unpaired) electrons.